The second-order valence-corrected chi connectivity index (χ2v) is 13.7. The van der Waals surface area contributed by atoms with Crippen molar-refractivity contribution in [2.75, 3.05) is 29.0 Å². The average Bonchev–Trinajstić information content (AvgIpc) is 3.28. The lowest BCUT2D eigenvalue weighted by molar-refractivity contribution is -0.137. The Morgan fingerprint density at radius 1 is 0.796 bits per heavy atom. The Balaban J connectivity index is 0.944. The number of aromatic nitrogens is 2. The molecule has 2 aliphatic rings. The number of hydrogen-bond donors (Lipinski definition) is 5. The predicted octanol–water partition coefficient (Wildman–Crippen LogP) is 6.01. The Bertz CT molecular complexity index is 2090. The molecule has 278 valence electrons. The molecule has 0 radical (unpaired) electrons. The number of fused-ring (bicyclic) bond motifs is 1. The molecule has 4 aromatic rings. The summed E-state index contributed by atoms with van der Waals surface area (Å²) in [6.07, 6.45) is 6.62. The van der Waals surface area contributed by atoms with Crippen molar-refractivity contribution in [1.82, 2.24) is 20.6 Å². The third-order valence-electron chi connectivity index (χ3n) is 9.52. The number of amides is 5. The lowest BCUT2D eigenvalue weighted by atomic mass is 9.79. The van der Waals surface area contributed by atoms with Crippen molar-refractivity contribution in [1.29, 1.82) is 0 Å². The molecule has 1 saturated heterocycles. The Hall–Kier alpha value is -5.95. The molecule has 3 heterocycles. The zero-order valence-electron chi connectivity index (χ0n) is 29.5. The van der Waals surface area contributed by atoms with Gasteiger partial charge in [0.2, 0.25) is 11.8 Å². The Labute approximate surface area is 317 Å². The van der Waals surface area contributed by atoms with Crippen molar-refractivity contribution >= 4 is 64.0 Å². The molecule has 2 aromatic carbocycles. The molecule has 5 amide bonds. The summed E-state index contributed by atoms with van der Waals surface area (Å²) in [4.78, 5) is 84.6. The molecule has 2 atom stereocenters. The lowest BCUT2D eigenvalue weighted by Crippen LogP contribution is -2.45. The first-order valence-corrected chi connectivity index (χ1v) is 18.3. The van der Waals surface area contributed by atoms with Crippen LogP contribution in [0, 0.1) is 11.8 Å². The number of aryl methyl sites for hydroxylation is 2. The number of ketones is 2. The van der Waals surface area contributed by atoms with E-state index in [1.807, 2.05) is 18.2 Å². The number of piperidine rings is 1. The van der Waals surface area contributed by atoms with Gasteiger partial charge in [-0.3, -0.25) is 34.3 Å². The number of imide groups is 1. The van der Waals surface area contributed by atoms with Gasteiger partial charge in [0, 0.05) is 84.0 Å². The maximum Gasteiger partial charge on any atom is 0.323 e. The number of nitrogens with zero attached hydrogens (tertiary/aromatic N) is 2. The number of carbonyl (C=O) groups is 6. The van der Waals surface area contributed by atoms with Crippen LogP contribution in [0.4, 0.5) is 21.9 Å². The highest BCUT2D eigenvalue weighted by atomic mass is 35.5. The van der Waals surface area contributed by atoms with E-state index in [2.05, 4.69) is 36.6 Å². The molecule has 2 unspecified atom stereocenters. The Morgan fingerprint density at radius 2 is 1.54 bits per heavy atom. The van der Waals surface area contributed by atoms with E-state index in [1.54, 1.807) is 54.7 Å². The number of benzene rings is 2. The molecule has 0 bridgehead atoms. The van der Waals surface area contributed by atoms with Crippen molar-refractivity contribution in [2.45, 2.75) is 51.4 Å². The van der Waals surface area contributed by atoms with E-state index in [0.29, 0.717) is 78.9 Å². The first-order valence-electron chi connectivity index (χ1n) is 17.9. The van der Waals surface area contributed by atoms with E-state index in [1.165, 1.54) is 6.20 Å². The zero-order valence-corrected chi connectivity index (χ0v) is 30.2. The highest BCUT2D eigenvalue weighted by Gasteiger charge is 2.40. The fourth-order valence-corrected chi connectivity index (χ4v) is 6.98. The number of nitrogens with one attached hydrogen (secondary N) is 5. The SMILES string of the molecule is O=C1CCC(C2CCC(=O)c3c(NCCCCNC(=O)c4cccc(CCc5cc(NC(=O)Nc6ccnc(Cl)c6)ccn5)c4)cccc3C2=O)C(=O)N1. The van der Waals surface area contributed by atoms with Crippen molar-refractivity contribution in [3.63, 3.8) is 0 Å². The summed E-state index contributed by atoms with van der Waals surface area (Å²) in [7, 11) is 0. The number of urea groups is 1. The van der Waals surface area contributed by atoms with Gasteiger partial charge in [-0.2, -0.15) is 0 Å². The van der Waals surface area contributed by atoms with Crippen molar-refractivity contribution in [3.05, 3.63) is 112 Å². The standard InChI is InChI=1S/C40H40ClN7O6/c41-34-23-28(16-20-44-34)47-40(54)46-27-15-19-42-26(22-27)10-9-24-5-3-6-25(21-24)38(52)45-18-2-1-17-43-32-8-4-7-31-36(32)33(49)13-11-29(37(31)51)30-12-14-35(50)48-39(30)53/h3-8,15-16,19-23,29-30,43H,1-2,9-14,17-18H2,(H,45,52)(H,48,50,53)(H2,42,44,46,47,54). The lowest BCUT2D eigenvalue weighted by Gasteiger charge is -2.27. The molecular weight excluding hydrogens is 710 g/mol. The first-order chi connectivity index (χ1) is 26.1. The highest BCUT2D eigenvalue weighted by molar-refractivity contribution is 6.29. The average molecular weight is 750 g/mol. The number of pyridine rings is 2. The van der Waals surface area contributed by atoms with E-state index >= 15 is 0 Å². The third-order valence-corrected chi connectivity index (χ3v) is 9.72. The Kier molecular flexibility index (Phi) is 12.4. The second-order valence-electron chi connectivity index (χ2n) is 13.3. The van der Waals surface area contributed by atoms with Crippen LogP contribution in [0.25, 0.3) is 0 Å². The quantitative estimate of drug-likeness (QED) is 0.0472. The first kappa shape index (κ1) is 37.8. The summed E-state index contributed by atoms with van der Waals surface area (Å²) in [6.45, 7) is 0.975. The molecule has 0 spiro atoms. The Morgan fingerprint density at radius 3 is 2.33 bits per heavy atom. The van der Waals surface area contributed by atoms with E-state index in [9.17, 15) is 28.8 Å². The van der Waals surface area contributed by atoms with Gasteiger partial charge in [-0.15, -0.1) is 0 Å². The third kappa shape index (κ3) is 9.72. The number of hydrogen-bond acceptors (Lipinski definition) is 9. The molecular formula is C40H40ClN7O6. The smallest absolute Gasteiger partial charge is 0.323 e. The number of halogens is 1. The molecule has 14 heteroatoms. The minimum absolute atomic E-state index is 0.138. The minimum Gasteiger partial charge on any atom is -0.384 e. The number of Topliss-reactive ketones (excluding diaryl/α,β-unsaturated/α-hetero) is 2. The van der Waals surface area contributed by atoms with Gasteiger partial charge in [0.05, 0.1) is 5.56 Å². The molecule has 1 fully saturated rings. The van der Waals surface area contributed by atoms with Crippen LogP contribution >= 0.6 is 11.6 Å². The molecule has 1 aliphatic carbocycles. The number of rotatable bonds is 13. The van der Waals surface area contributed by atoms with Gasteiger partial charge in [-0.05, 0) is 86.6 Å². The predicted molar refractivity (Wildman–Crippen MR) is 204 cm³/mol. The van der Waals surface area contributed by atoms with Crippen molar-refractivity contribution < 1.29 is 28.8 Å². The highest BCUT2D eigenvalue weighted by Crippen LogP contribution is 2.35. The molecule has 6 rings (SSSR count). The van der Waals surface area contributed by atoms with Gasteiger partial charge >= 0.3 is 6.03 Å². The van der Waals surface area contributed by atoms with Gasteiger partial charge in [0.25, 0.3) is 5.91 Å². The van der Waals surface area contributed by atoms with Crippen molar-refractivity contribution in [2.24, 2.45) is 11.8 Å². The summed E-state index contributed by atoms with van der Waals surface area (Å²) >= 11 is 5.89. The monoisotopic (exact) mass is 749 g/mol. The molecule has 1 aliphatic heterocycles. The summed E-state index contributed by atoms with van der Waals surface area (Å²) in [6, 6.07) is 18.8. The van der Waals surface area contributed by atoms with Crippen LogP contribution in [-0.2, 0) is 22.4 Å². The van der Waals surface area contributed by atoms with Gasteiger partial charge in [0.15, 0.2) is 11.6 Å². The van der Waals surface area contributed by atoms with E-state index in [-0.39, 0.29) is 47.8 Å². The van der Waals surface area contributed by atoms with Crippen LogP contribution in [0.15, 0.2) is 79.1 Å². The van der Waals surface area contributed by atoms with E-state index < -0.39 is 23.8 Å². The topological polar surface area (TPSA) is 188 Å². The summed E-state index contributed by atoms with van der Waals surface area (Å²) in [5.74, 6) is -2.65. The minimum atomic E-state index is -0.652. The largest absolute Gasteiger partial charge is 0.384 e. The van der Waals surface area contributed by atoms with Crippen LogP contribution in [0.3, 0.4) is 0 Å². The van der Waals surface area contributed by atoms with Crippen LogP contribution in [0.2, 0.25) is 5.15 Å². The molecule has 5 N–H and O–H groups in total. The number of unbranched alkanes of at least 4 members (excludes halogenated alkanes) is 1. The molecule has 2 aromatic heterocycles. The van der Waals surface area contributed by atoms with E-state index in [4.69, 9.17) is 11.6 Å². The fraction of sp³-hybridized carbons (Fsp3) is 0.300. The van der Waals surface area contributed by atoms with Gasteiger partial charge < -0.3 is 21.3 Å². The molecule has 13 nitrogen and oxygen atoms in total. The molecule has 54 heavy (non-hydrogen) atoms. The normalized spacial score (nSPS) is 16.8. The van der Waals surface area contributed by atoms with Crippen LogP contribution < -0.4 is 26.6 Å². The van der Waals surface area contributed by atoms with Crippen LogP contribution in [-0.4, -0.2) is 58.4 Å². The van der Waals surface area contributed by atoms with Gasteiger partial charge in [0.1, 0.15) is 5.15 Å². The van der Waals surface area contributed by atoms with Crippen molar-refractivity contribution in [3.8, 4) is 0 Å². The maximum atomic E-state index is 13.6. The summed E-state index contributed by atoms with van der Waals surface area (Å²) in [5.41, 5.74) is 4.63. The second kappa shape index (κ2) is 17.7. The zero-order chi connectivity index (χ0) is 38.0. The van der Waals surface area contributed by atoms with E-state index in [0.717, 1.165) is 11.3 Å². The summed E-state index contributed by atoms with van der Waals surface area (Å²) < 4.78 is 0. The maximum absolute atomic E-state index is 13.6. The van der Waals surface area contributed by atoms with Gasteiger partial charge in [-0.1, -0.05) is 35.9 Å². The molecule has 0 saturated carbocycles. The fourth-order valence-electron chi connectivity index (χ4n) is 6.81. The van der Waals surface area contributed by atoms with Gasteiger partial charge in [-0.25, -0.2) is 9.78 Å². The number of carbonyl (C=O) groups excluding carboxylic acids is 6. The summed E-state index contributed by atoms with van der Waals surface area (Å²) in [5, 5.41) is 14.4. The van der Waals surface area contributed by atoms with Crippen LogP contribution in [0.5, 0.6) is 0 Å². The van der Waals surface area contributed by atoms with Crippen LogP contribution in [0.1, 0.15) is 80.9 Å². The number of anilines is 3.